The smallest absolute Gasteiger partial charge is 0.221 e. The van der Waals surface area contributed by atoms with Gasteiger partial charge in [-0.2, -0.15) is 0 Å². The first-order valence-corrected chi connectivity index (χ1v) is 11.4. The first-order chi connectivity index (χ1) is 12.9. The lowest BCUT2D eigenvalue weighted by molar-refractivity contribution is 0.920. The molecule has 0 amide bonds. The van der Waals surface area contributed by atoms with Crippen LogP contribution in [0.3, 0.4) is 0 Å². The van der Waals surface area contributed by atoms with E-state index in [0.29, 0.717) is 0 Å². The van der Waals surface area contributed by atoms with Crippen LogP contribution in [0.5, 0.6) is 0 Å². The zero-order valence-corrected chi connectivity index (χ0v) is 20.7. The maximum absolute atomic E-state index is 2.61. The summed E-state index contributed by atoms with van der Waals surface area (Å²) in [4.78, 5) is 0. The minimum atomic E-state index is -0.807. The van der Waals surface area contributed by atoms with Crippen molar-refractivity contribution in [2.24, 2.45) is 0 Å². The highest BCUT2D eigenvalue weighted by molar-refractivity contribution is 7.53. The van der Waals surface area contributed by atoms with E-state index < -0.39 is 8.37 Å². The molecule has 3 heterocycles. The summed E-state index contributed by atoms with van der Waals surface area (Å²) in [5.41, 5.74) is 16.8. The monoisotopic (exact) mass is 397 g/mol. The first-order valence-electron chi connectivity index (χ1n) is 10.2. The molecule has 0 radical (unpaired) electrons. The van der Waals surface area contributed by atoms with Crippen LogP contribution in [0, 0.1) is 83.1 Å². The lowest BCUT2D eigenvalue weighted by atomic mass is 10.2. The molecule has 0 aliphatic rings. The third-order valence-electron chi connectivity index (χ3n) is 7.39. The Labute approximate surface area is 172 Å². The Kier molecular flexibility index (Phi) is 5.21. The standard InChI is InChI=1S/C24H36N3P/c1-13-14(2)20(8)25(19(13)7)28(26-21(9)15(3)16(4)22(26)10)27-23(11)17(5)18(6)24(27)12/h1-12H3. The molecular formula is C24H36N3P. The molecule has 0 atom stereocenters. The second-order valence-electron chi connectivity index (χ2n) is 8.47. The SMILES string of the molecule is Cc1c(C)c(C)n(P(n2c(C)c(C)c(C)c2C)n2c(C)c(C)c(C)c2C)c1C. The largest absolute Gasteiger partial charge is 0.293 e. The van der Waals surface area contributed by atoms with Crippen molar-refractivity contribution in [3.8, 4) is 0 Å². The Morgan fingerprint density at radius 1 is 0.321 bits per heavy atom. The molecule has 28 heavy (non-hydrogen) atoms. The maximum atomic E-state index is 2.61. The maximum Gasteiger partial charge on any atom is 0.221 e. The average Bonchev–Trinajstić information content (AvgIpc) is 3.06. The van der Waals surface area contributed by atoms with Crippen LogP contribution in [0.25, 0.3) is 0 Å². The predicted octanol–water partition coefficient (Wildman–Crippen LogP) is 6.96. The third kappa shape index (κ3) is 2.66. The fourth-order valence-corrected chi connectivity index (χ4v) is 7.46. The molecule has 3 nitrogen and oxygen atoms in total. The van der Waals surface area contributed by atoms with Gasteiger partial charge in [0.05, 0.1) is 0 Å². The fourth-order valence-electron chi connectivity index (χ4n) is 4.41. The summed E-state index contributed by atoms with van der Waals surface area (Å²) in [7, 11) is -0.807. The highest BCUT2D eigenvalue weighted by Crippen LogP contribution is 2.51. The highest BCUT2D eigenvalue weighted by Gasteiger charge is 2.30. The van der Waals surface area contributed by atoms with E-state index in [9.17, 15) is 0 Å². The second-order valence-corrected chi connectivity index (χ2v) is 10.2. The van der Waals surface area contributed by atoms with Gasteiger partial charge in [-0.25, -0.2) is 0 Å². The van der Waals surface area contributed by atoms with Crippen molar-refractivity contribution < 1.29 is 0 Å². The molecule has 0 bridgehead atoms. The van der Waals surface area contributed by atoms with Gasteiger partial charge in [0.25, 0.3) is 0 Å². The van der Waals surface area contributed by atoms with Crippen LogP contribution in [0.15, 0.2) is 0 Å². The molecule has 0 aliphatic heterocycles. The van der Waals surface area contributed by atoms with Crippen LogP contribution in [-0.2, 0) is 0 Å². The molecule has 3 aromatic rings. The normalized spacial score (nSPS) is 11.9. The zero-order valence-electron chi connectivity index (χ0n) is 19.8. The van der Waals surface area contributed by atoms with Crippen molar-refractivity contribution in [3.05, 3.63) is 67.5 Å². The first kappa shape index (κ1) is 21.0. The molecule has 0 N–H and O–H groups in total. The lowest BCUT2D eigenvalue weighted by Crippen LogP contribution is -2.15. The molecule has 152 valence electrons. The van der Waals surface area contributed by atoms with Crippen LogP contribution in [0.2, 0.25) is 0 Å². The van der Waals surface area contributed by atoms with E-state index in [1.165, 1.54) is 67.5 Å². The molecule has 3 aromatic heterocycles. The number of hydrogen-bond acceptors (Lipinski definition) is 0. The van der Waals surface area contributed by atoms with E-state index in [0.717, 1.165) is 0 Å². The minimum absolute atomic E-state index is 0.807. The summed E-state index contributed by atoms with van der Waals surface area (Å²) in [6, 6.07) is 0. The summed E-state index contributed by atoms with van der Waals surface area (Å²) < 4.78 is 7.83. The van der Waals surface area contributed by atoms with Crippen molar-refractivity contribution in [1.29, 1.82) is 0 Å². The van der Waals surface area contributed by atoms with Crippen LogP contribution >= 0.6 is 8.37 Å². The molecule has 0 unspecified atom stereocenters. The highest BCUT2D eigenvalue weighted by atomic mass is 31.1. The predicted molar refractivity (Wildman–Crippen MR) is 123 cm³/mol. The van der Waals surface area contributed by atoms with Crippen molar-refractivity contribution in [3.63, 3.8) is 0 Å². The second kappa shape index (κ2) is 6.95. The minimum Gasteiger partial charge on any atom is -0.293 e. The van der Waals surface area contributed by atoms with E-state index in [1.54, 1.807) is 0 Å². The van der Waals surface area contributed by atoms with E-state index in [4.69, 9.17) is 0 Å². The molecular weight excluding hydrogens is 361 g/mol. The van der Waals surface area contributed by atoms with Gasteiger partial charge in [-0.3, -0.25) is 13.0 Å². The van der Waals surface area contributed by atoms with Gasteiger partial charge in [0, 0.05) is 34.2 Å². The molecule has 0 aliphatic carbocycles. The third-order valence-corrected chi connectivity index (χ3v) is 10.3. The molecule has 3 rings (SSSR count). The summed E-state index contributed by atoms with van der Waals surface area (Å²) in [6.07, 6.45) is 0. The summed E-state index contributed by atoms with van der Waals surface area (Å²) in [5.74, 6) is 0. The molecule has 0 fully saturated rings. The topological polar surface area (TPSA) is 14.8 Å². The Balaban J connectivity index is 2.51. The summed E-state index contributed by atoms with van der Waals surface area (Å²) in [5, 5.41) is 0. The Bertz CT molecular complexity index is 874. The number of nitrogens with zero attached hydrogens (tertiary/aromatic N) is 3. The van der Waals surface area contributed by atoms with Crippen molar-refractivity contribution in [1.82, 2.24) is 13.0 Å². The van der Waals surface area contributed by atoms with Crippen molar-refractivity contribution >= 4 is 8.37 Å². The van der Waals surface area contributed by atoms with Gasteiger partial charge in [-0.15, -0.1) is 0 Å². The van der Waals surface area contributed by atoms with Crippen LogP contribution in [0.1, 0.15) is 67.5 Å². The van der Waals surface area contributed by atoms with Gasteiger partial charge < -0.3 is 0 Å². The van der Waals surface area contributed by atoms with Gasteiger partial charge in [-0.05, 0) is 116 Å². The van der Waals surface area contributed by atoms with Gasteiger partial charge in [0.2, 0.25) is 8.37 Å². The molecule has 0 aromatic carbocycles. The lowest BCUT2D eigenvalue weighted by Gasteiger charge is -2.30. The van der Waals surface area contributed by atoms with Crippen LogP contribution in [-0.4, -0.2) is 13.0 Å². The number of aromatic nitrogens is 3. The zero-order chi connectivity index (χ0) is 21.2. The average molecular weight is 398 g/mol. The van der Waals surface area contributed by atoms with Gasteiger partial charge in [0.1, 0.15) is 0 Å². The summed E-state index contributed by atoms with van der Waals surface area (Å²) >= 11 is 0. The fraction of sp³-hybridized carbons (Fsp3) is 0.500. The van der Waals surface area contributed by atoms with E-state index >= 15 is 0 Å². The Morgan fingerprint density at radius 3 is 0.607 bits per heavy atom. The molecule has 0 saturated carbocycles. The van der Waals surface area contributed by atoms with Gasteiger partial charge in [0.15, 0.2) is 0 Å². The van der Waals surface area contributed by atoms with Crippen molar-refractivity contribution in [2.45, 2.75) is 83.1 Å². The molecule has 0 spiro atoms. The van der Waals surface area contributed by atoms with Gasteiger partial charge in [-0.1, -0.05) is 0 Å². The van der Waals surface area contributed by atoms with E-state index in [-0.39, 0.29) is 0 Å². The van der Waals surface area contributed by atoms with E-state index in [1.807, 2.05) is 0 Å². The number of rotatable bonds is 3. The molecule has 4 heteroatoms. The van der Waals surface area contributed by atoms with Gasteiger partial charge >= 0.3 is 0 Å². The van der Waals surface area contributed by atoms with Crippen LogP contribution in [0.4, 0.5) is 0 Å². The quantitative estimate of drug-likeness (QED) is 0.424. The summed E-state index contributed by atoms with van der Waals surface area (Å²) in [6.45, 7) is 27.3. The Hall–Kier alpha value is -1.73. The Morgan fingerprint density at radius 2 is 0.464 bits per heavy atom. The van der Waals surface area contributed by atoms with Crippen LogP contribution < -0.4 is 0 Å². The van der Waals surface area contributed by atoms with Crippen molar-refractivity contribution in [2.75, 3.05) is 0 Å². The van der Waals surface area contributed by atoms with E-state index in [2.05, 4.69) is 96.1 Å². The number of hydrogen-bond donors (Lipinski definition) is 0. The molecule has 0 saturated heterocycles.